The molecule has 8 heteroatoms. The van der Waals surface area contributed by atoms with Gasteiger partial charge in [-0.2, -0.15) is 0 Å². The number of hydrogen-bond acceptors (Lipinski definition) is 5. The zero-order valence-electron chi connectivity index (χ0n) is 10.6. The number of halogens is 1. The summed E-state index contributed by atoms with van der Waals surface area (Å²) < 4.78 is 13.0. The third-order valence-corrected chi connectivity index (χ3v) is 4.40. The molecular formula is C11H14ClN5OS. The average Bonchev–Trinajstić information content (AvgIpc) is 2.77. The topological polar surface area (TPSA) is 86.7 Å². The van der Waals surface area contributed by atoms with Gasteiger partial charge in [0.2, 0.25) is 0 Å². The molecule has 2 unspecified atom stereocenters. The minimum absolute atomic E-state index is 0.0639. The van der Waals surface area contributed by atoms with Crippen LogP contribution in [-0.2, 0) is 17.3 Å². The maximum atomic E-state index is 11.4. The van der Waals surface area contributed by atoms with Crippen molar-refractivity contribution >= 4 is 28.1 Å². The van der Waals surface area contributed by atoms with Gasteiger partial charge in [-0.05, 0) is 29.5 Å². The molecule has 2 atom stereocenters. The minimum Gasteiger partial charge on any atom is -0.398 e. The molecule has 0 aliphatic heterocycles. The lowest BCUT2D eigenvalue weighted by Crippen LogP contribution is -2.19. The Balaban J connectivity index is 2.42. The number of rotatable bonds is 4. The first kappa shape index (κ1) is 14.0. The quantitative estimate of drug-likeness (QED) is 0.861. The predicted octanol–water partition coefficient (Wildman–Crippen LogP) is 1.34. The monoisotopic (exact) mass is 299 g/mol. The molecule has 0 bridgehead atoms. The summed E-state index contributed by atoms with van der Waals surface area (Å²) >= 11 is 6.14. The largest absolute Gasteiger partial charge is 0.398 e. The summed E-state index contributed by atoms with van der Waals surface area (Å²) in [6, 6.07) is 5.23. The molecule has 2 N–H and O–H groups in total. The van der Waals surface area contributed by atoms with Crippen LogP contribution in [0.4, 0.5) is 5.69 Å². The molecule has 0 saturated heterocycles. The summed E-state index contributed by atoms with van der Waals surface area (Å²) in [5.41, 5.74) is 7.03. The highest BCUT2D eigenvalue weighted by Crippen LogP contribution is 2.31. The van der Waals surface area contributed by atoms with Crippen LogP contribution in [0.5, 0.6) is 0 Å². The Morgan fingerprint density at radius 3 is 2.89 bits per heavy atom. The SMILES string of the molecule is CC(Cn1nnnc1-c1c(N)cccc1Cl)S(C)=O. The van der Waals surface area contributed by atoms with Crippen molar-refractivity contribution in [2.24, 2.45) is 0 Å². The summed E-state index contributed by atoms with van der Waals surface area (Å²) in [6.07, 6.45) is 1.65. The number of tetrazole rings is 1. The number of anilines is 1. The van der Waals surface area contributed by atoms with Crippen LogP contribution in [0.15, 0.2) is 18.2 Å². The lowest BCUT2D eigenvalue weighted by atomic mass is 10.1. The molecule has 2 rings (SSSR count). The van der Waals surface area contributed by atoms with Crippen molar-refractivity contribution in [2.45, 2.75) is 18.7 Å². The zero-order chi connectivity index (χ0) is 14.0. The number of nitrogens with two attached hydrogens (primary N) is 1. The molecule has 1 heterocycles. The molecule has 0 amide bonds. The van der Waals surface area contributed by atoms with E-state index >= 15 is 0 Å². The second kappa shape index (κ2) is 5.66. The summed E-state index contributed by atoms with van der Waals surface area (Å²) in [5.74, 6) is 0.486. The lowest BCUT2D eigenvalue weighted by molar-refractivity contribution is 0.579. The van der Waals surface area contributed by atoms with E-state index in [-0.39, 0.29) is 5.25 Å². The van der Waals surface area contributed by atoms with Crippen molar-refractivity contribution in [1.82, 2.24) is 20.2 Å². The average molecular weight is 300 g/mol. The van der Waals surface area contributed by atoms with Crippen LogP contribution in [-0.4, -0.2) is 35.9 Å². The highest BCUT2D eigenvalue weighted by atomic mass is 35.5. The van der Waals surface area contributed by atoms with Crippen LogP contribution in [0.2, 0.25) is 5.02 Å². The van der Waals surface area contributed by atoms with Gasteiger partial charge in [-0.3, -0.25) is 4.21 Å². The number of nitrogens with zero attached hydrogens (tertiary/aromatic N) is 4. The lowest BCUT2D eigenvalue weighted by Gasteiger charge is -2.11. The first-order valence-corrected chi connectivity index (χ1v) is 7.63. The molecular weight excluding hydrogens is 286 g/mol. The van der Waals surface area contributed by atoms with Gasteiger partial charge in [0, 0.05) is 22.7 Å². The summed E-state index contributed by atoms with van der Waals surface area (Å²) in [6.45, 7) is 2.31. The molecule has 1 aromatic heterocycles. The van der Waals surface area contributed by atoms with Gasteiger partial charge in [0.15, 0.2) is 5.82 Å². The van der Waals surface area contributed by atoms with E-state index in [1.807, 2.05) is 6.92 Å². The maximum Gasteiger partial charge on any atom is 0.185 e. The first-order valence-electron chi connectivity index (χ1n) is 5.63. The van der Waals surface area contributed by atoms with Crippen molar-refractivity contribution in [3.05, 3.63) is 23.2 Å². The summed E-state index contributed by atoms with van der Waals surface area (Å²) in [5, 5.41) is 11.9. The molecule has 0 aliphatic carbocycles. The Morgan fingerprint density at radius 1 is 1.53 bits per heavy atom. The Labute approximate surface area is 118 Å². The van der Waals surface area contributed by atoms with Crippen molar-refractivity contribution in [3.8, 4) is 11.4 Å². The highest BCUT2D eigenvalue weighted by Gasteiger charge is 2.18. The maximum absolute atomic E-state index is 11.4. The number of benzene rings is 1. The normalized spacial score (nSPS) is 14.3. The molecule has 0 saturated carbocycles. The number of nitrogen functional groups attached to an aromatic ring is 1. The Kier molecular flexibility index (Phi) is 4.16. The Morgan fingerprint density at radius 2 is 2.26 bits per heavy atom. The van der Waals surface area contributed by atoms with Crippen LogP contribution in [0.25, 0.3) is 11.4 Å². The molecule has 0 aliphatic rings. The second-order valence-corrected chi connectivity index (χ2v) is 6.41. The third-order valence-electron chi connectivity index (χ3n) is 2.80. The Hall–Kier alpha value is -1.47. The van der Waals surface area contributed by atoms with Crippen LogP contribution >= 0.6 is 11.6 Å². The third kappa shape index (κ3) is 2.93. The number of hydrogen-bond donors (Lipinski definition) is 1. The molecule has 102 valence electrons. The fourth-order valence-corrected chi connectivity index (χ4v) is 2.25. The van der Waals surface area contributed by atoms with Gasteiger partial charge < -0.3 is 5.73 Å². The van der Waals surface area contributed by atoms with Crippen molar-refractivity contribution in [2.75, 3.05) is 12.0 Å². The van der Waals surface area contributed by atoms with Gasteiger partial charge in [0.25, 0.3) is 0 Å². The summed E-state index contributed by atoms with van der Waals surface area (Å²) in [7, 11) is -0.951. The van der Waals surface area contributed by atoms with Crippen LogP contribution in [0, 0.1) is 0 Å². The number of aromatic nitrogens is 4. The summed E-state index contributed by atoms with van der Waals surface area (Å²) in [4.78, 5) is 0. The molecule has 2 aromatic rings. The van der Waals surface area contributed by atoms with Crippen LogP contribution in [0.3, 0.4) is 0 Å². The highest BCUT2D eigenvalue weighted by molar-refractivity contribution is 7.84. The van der Waals surface area contributed by atoms with E-state index in [2.05, 4.69) is 15.5 Å². The molecule has 1 aromatic carbocycles. The van der Waals surface area contributed by atoms with Crippen LogP contribution in [0.1, 0.15) is 6.92 Å². The van der Waals surface area contributed by atoms with Crippen molar-refractivity contribution in [3.63, 3.8) is 0 Å². The molecule has 0 fully saturated rings. The zero-order valence-corrected chi connectivity index (χ0v) is 12.1. The standard InChI is InChI=1S/C11H14ClN5OS/c1-7(19(2)18)6-17-11(14-15-16-17)10-8(12)4-3-5-9(10)13/h3-5,7H,6,13H2,1-2H3. The van der Waals surface area contributed by atoms with Crippen molar-refractivity contribution in [1.29, 1.82) is 0 Å². The first-order chi connectivity index (χ1) is 9.00. The van der Waals surface area contributed by atoms with Gasteiger partial charge in [-0.1, -0.05) is 17.7 Å². The van der Waals surface area contributed by atoms with Gasteiger partial charge in [0.05, 0.1) is 22.4 Å². The van der Waals surface area contributed by atoms with Gasteiger partial charge in [0.1, 0.15) is 0 Å². The fraction of sp³-hybridized carbons (Fsp3) is 0.364. The van der Waals surface area contributed by atoms with E-state index in [0.29, 0.717) is 28.6 Å². The van der Waals surface area contributed by atoms with Gasteiger partial charge in [-0.25, -0.2) is 4.68 Å². The van der Waals surface area contributed by atoms with E-state index in [0.717, 1.165) is 0 Å². The van der Waals surface area contributed by atoms with E-state index in [1.54, 1.807) is 29.1 Å². The van der Waals surface area contributed by atoms with E-state index in [4.69, 9.17) is 17.3 Å². The van der Waals surface area contributed by atoms with Crippen molar-refractivity contribution < 1.29 is 4.21 Å². The Bertz CT molecular complexity index is 595. The second-order valence-electron chi connectivity index (χ2n) is 4.20. The van der Waals surface area contributed by atoms with Gasteiger partial charge >= 0.3 is 0 Å². The van der Waals surface area contributed by atoms with E-state index < -0.39 is 10.8 Å². The molecule has 6 nitrogen and oxygen atoms in total. The van der Waals surface area contributed by atoms with E-state index in [1.165, 1.54) is 0 Å². The predicted molar refractivity (Wildman–Crippen MR) is 76.2 cm³/mol. The van der Waals surface area contributed by atoms with Gasteiger partial charge in [-0.15, -0.1) is 5.10 Å². The fourth-order valence-electron chi connectivity index (χ4n) is 1.63. The smallest absolute Gasteiger partial charge is 0.185 e. The molecule has 0 spiro atoms. The van der Waals surface area contributed by atoms with Crippen LogP contribution < -0.4 is 5.73 Å². The molecule has 19 heavy (non-hydrogen) atoms. The minimum atomic E-state index is -0.951. The molecule has 0 radical (unpaired) electrons. The van der Waals surface area contributed by atoms with E-state index in [9.17, 15) is 4.21 Å².